The van der Waals surface area contributed by atoms with Gasteiger partial charge in [0.25, 0.3) is 0 Å². The van der Waals surface area contributed by atoms with E-state index in [1.807, 2.05) is 20.8 Å². The average molecular weight is 302 g/mol. The van der Waals surface area contributed by atoms with Crippen molar-refractivity contribution < 1.29 is 29.2 Å². The highest BCUT2D eigenvalue weighted by Gasteiger charge is 2.46. The van der Waals surface area contributed by atoms with Crippen LogP contribution in [-0.2, 0) is 19.0 Å². The third kappa shape index (κ3) is 4.43. The maximum absolute atomic E-state index is 11.8. The van der Waals surface area contributed by atoms with Crippen molar-refractivity contribution in [2.45, 2.75) is 71.2 Å². The third-order valence-electron chi connectivity index (χ3n) is 3.54. The predicted octanol–water partition coefficient (Wildman–Crippen LogP) is 1.35. The van der Waals surface area contributed by atoms with Crippen LogP contribution in [0.2, 0.25) is 0 Å². The van der Waals surface area contributed by atoms with E-state index in [1.165, 1.54) is 0 Å². The van der Waals surface area contributed by atoms with E-state index in [-0.39, 0.29) is 11.7 Å². The zero-order valence-corrected chi connectivity index (χ0v) is 13.3. The molecule has 1 fully saturated rings. The molecular formula is C15H26O6. The number of rotatable bonds is 5. The lowest BCUT2D eigenvalue weighted by molar-refractivity contribution is -0.281. The van der Waals surface area contributed by atoms with Crippen molar-refractivity contribution in [2.75, 3.05) is 0 Å². The molecule has 0 aliphatic carbocycles. The molecule has 1 aliphatic rings. The average Bonchev–Trinajstić information content (AvgIpc) is 2.40. The molecule has 0 spiro atoms. The number of aliphatic hydroxyl groups excluding tert-OH is 2. The minimum absolute atomic E-state index is 0.00347. The molecule has 0 saturated carbocycles. The second-order valence-electron chi connectivity index (χ2n) is 6.18. The van der Waals surface area contributed by atoms with Gasteiger partial charge in [-0.05, 0) is 20.3 Å². The van der Waals surface area contributed by atoms with Crippen LogP contribution in [0.5, 0.6) is 0 Å². The molecule has 1 heterocycles. The van der Waals surface area contributed by atoms with Crippen LogP contribution in [0.4, 0.5) is 0 Å². The van der Waals surface area contributed by atoms with Gasteiger partial charge in [-0.15, -0.1) is 0 Å². The van der Waals surface area contributed by atoms with Crippen molar-refractivity contribution in [1.29, 1.82) is 0 Å². The van der Waals surface area contributed by atoms with E-state index in [0.717, 1.165) is 0 Å². The van der Waals surface area contributed by atoms with Crippen molar-refractivity contribution in [1.82, 2.24) is 0 Å². The van der Waals surface area contributed by atoms with Gasteiger partial charge in [0.1, 0.15) is 18.0 Å². The van der Waals surface area contributed by atoms with Gasteiger partial charge in [-0.3, -0.25) is 4.79 Å². The van der Waals surface area contributed by atoms with Gasteiger partial charge in [0.15, 0.2) is 6.10 Å². The molecule has 0 aromatic carbocycles. The largest absolute Gasteiger partial charge is 0.463 e. The highest BCUT2D eigenvalue weighted by molar-refractivity contribution is 5.71. The van der Waals surface area contributed by atoms with Gasteiger partial charge in [-0.25, -0.2) is 0 Å². The summed E-state index contributed by atoms with van der Waals surface area (Å²) < 4.78 is 16.4. The molecule has 1 aliphatic heterocycles. The third-order valence-corrected chi connectivity index (χ3v) is 3.54. The summed E-state index contributed by atoms with van der Waals surface area (Å²) in [6.07, 6.45) is -4.08. The van der Waals surface area contributed by atoms with E-state index in [9.17, 15) is 15.0 Å². The van der Waals surface area contributed by atoms with Gasteiger partial charge >= 0.3 is 5.97 Å². The first-order valence-electron chi connectivity index (χ1n) is 7.19. The Labute approximate surface area is 125 Å². The summed E-state index contributed by atoms with van der Waals surface area (Å²) in [7, 11) is 0. The van der Waals surface area contributed by atoms with Gasteiger partial charge in [-0.1, -0.05) is 27.4 Å². The van der Waals surface area contributed by atoms with Crippen LogP contribution >= 0.6 is 0 Å². The first kappa shape index (κ1) is 17.9. The lowest BCUT2D eigenvalue weighted by Gasteiger charge is -2.41. The standard InChI is InChI=1S/C15H26O6/c1-7-15(5,6)21-14-12(20-13(18)8(2)3)11(17)10(16)9(4)19-14/h8,10-12,14,16-17H,4,7H2,1-3,5-6H3/t10-,11?,12?,14?/m1/s1. The van der Waals surface area contributed by atoms with Gasteiger partial charge in [0.05, 0.1) is 11.5 Å². The molecule has 6 nitrogen and oxygen atoms in total. The molecule has 1 saturated heterocycles. The Morgan fingerprint density at radius 1 is 1.43 bits per heavy atom. The molecule has 0 amide bonds. The Kier molecular flexibility index (Phi) is 5.78. The monoisotopic (exact) mass is 302 g/mol. The Balaban J connectivity index is 2.93. The van der Waals surface area contributed by atoms with E-state index in [1.54, 1.807) is 13.8 Å². The van der Waals surface area contributed by atoms with Crippen molar-refractivity contribution in [3.8, 4) is 0 Å². The Morgan fingerprint density at radius 2 is 2.00 bits per heavy atom. The highest BCUT2D eigenvalue weighted by atomic mass is 16.7. The zero-order valence-electron chi connectivity index (χ0n) is 13.3. The van der Waals surface area contributed by atoms with Gasteiger partial charge in [0, 0.05) is 0 Å². The van der Waals surface area contributed by atoms with E-state index in [0.29, 0.717) is 6.42 Å². The summed E-state index contributed by atoms with van der Waals surface area (Å²) >= 11 is 0. The van der Waals surface area contributed by atoms with Crippen LogP contribution in [-0.4, -0.2) is 46.4 Å². The Morgan fingerprint density at radius 3 is 2.48 bits per heavy atom. The Hall–Kier alpha value is -1.11. The molecule has 0 aromatic heterocycles. The van der Waals surface area contributed by atoms with Gasteiger partial charge in [-0.2, -0.15) is 0 Å². The Bertz CT molecular complexity index is 390. The summed E-state index contributed by atoms with van der Waals surface area (Å²) in [6.45, 7) is 12.6. The molecule has 2 N–H and O–H groups in total. The number of hydrogen-bond donors (Lipinski definition) is 2. The summed E-state index contributed by atoms with van der Waals surface area (Å²) in [5, 5.41) is 20.0. The number of aliphatic hydroxyl groups is 2. The summed E-state index contributed by atoms with van der Waals surface area (Å²) in [5.41, 5.74) is -0.532. The second-order valence-corrected chi connectivity index (χ2v) is 6.18. The minimum Gasteiger partial charge on any atom is -0.463 e. The van der Waals surface area contributed by atoms with Crippen LogP contribution in [0.1, 0.15) is 41.0 Å². The molecule has 21 heavy (non-hydrogen) atoms. The lowest BCUT2D eigenvalue weighted by atomic mass is 10.0. The van der Waals surface area contributed by atoms with Crippen LogP contribution in [0, 0.1) is 5.92 Å². The number of carbonyl (C=O) groups excluding carboxylic acids is 1. The van der Waals surface area contributed by atoms with E-state index in [2.05, 4.69) is 6.58 Å². The molecule has 0 radical (unpaired) electrons. The fourth-order valence-electron chi connectivity index (χ4n) is 1.70. The van der Waals surface area contributed by atoms with Crippen molar-refractivity contribution in [3.05, 3.63) is 12.3 Å². The fourth-order valence-corrected chi connectivity index (χ4v) is 1.70. The molecular weight excluding hydrogens is 276 g/mol. The smallest absolute Gasteiger partial charge is 0.308 e. The number of hydrogen-bond acceptors (Lipinski definition) is 6. The number of carbonyl (C=O) groups is 1. The molecule has 3 unspecified atom stereocenters. The van der Waals surface area contributed by atoms with Gasteiger partial charge in [0.2, 0.25) is 6.29 Å². The molecule has 122 valence electrons. The van der Waals surface area contributed by atoms with Crippen LogP contribution in [0.15, 0.2) is 12.3 Å². The molecule has 0 aromatic rings. The first-order valence-corrected chi connectivity index (χ1v) is 7.19. The minimum atomic E-state index is -1.34. The molecule has 6 heteroatoms. The molecule has 4 atom stereocenters. The lowest BCUT2D eigenvalue weighted by Crippen LogP contribution is -2.56. The van der Waals surface area contributed by atoms with Gasteiger partial charge < -0.3 is 24.4 Å². The summed E-state index contributed by atoms with van der Waals surface area (Å²) in [5.74, 6) is -0.860. The second kappa shape index (κ2) is 6.77. The van der Waals surface area contributed by atoms with Crippen molar-refractivity contribution >= 4 is 5.97 Å². The van der Waals surface area contributed by atoms with E-state index in [4.69, 9.17) is 14.2 Å². The fraction of sp³-hybridized carbons (Fsp3) is 0.800. The maximum atomic E-state index is 11.8. The van der Waals surface area contributed by atoms with Crippen molar-refractivity contribution in [3.63, 3.8) is 0 Å². The highest BCUT2D eigenvalue weighted by Crippen LogP contribution is 2.30. The SMILES string of the molecule is C=C1OC(OC(C)(C)CC)C(OC(=O)C(C)C)C(O)[C@@H]1O. The number of esters is 1. The quantitative estimate of drug-likeness (QED) is 0.746. The van der Waals surface area contributed by atoms with E-state index < -0.39 is 36.2 Å². The predicted molar refractivity (Wildman–Crippen MR) is 76.2 cm³/mol. The molecule has 1 rings (SSSR count). The van der Waals surface area contributed by atoms with Crippen LogP contribution < -0.4 is 0 Å². The maximum Gasteiger partial charge on any atom is 0.308 e. The van der Waals surface area contributed by atoms with Crippen LogP contribution in [0.25, 0.3) is 0 Å². The zero-order chi connectivity index (χ0) is 16.4. The molecule has 0 bridgehead atoms. The number of ether oxygens (including phenoxy) is 3. The first-order chi connectivity index (χ1) is 9.59. The summed E-state index contributed by atoms with van der Waals surface area (Å²) in [4.78, 5) is 11.8. The topological polar surface area (TPSA) is 85.2 Å². The van der Waals surface area contributed by atoms with E-state index >= 15 is 0 Å². The summed E-state index contributed by atoms with van der Waals surface area (Å²) in [6, 6.07) is 0. The van der Waals surface area contributed by atoms with Crippen LogP contribution in [0.3, 0.4) is 0 Å². The normalized spacial score (nSPS) is 30.2. The van der Waals surface area contributed by atoms with Crippen molar-refractivity contribution in [2.24, 2.45) is 5.92 Å².